The number of urea groups is 1. The van der Waals surface area contributed by atoms with E-state index in [-0.39, 0.29) is 11.4 Å². The molecule has 130 valence electrons. The van der Waals surface area contributed by atoms with Crippen LogP contribution >= 0.6 is 11.6 Å². The second-order valence-corrected chi connectivity index (χ2v) is 7.55. The lowest BCUT2D eigenvalue weighted by atomic mass is 9.96. The number of carbonyl (C=O) groups is 1. The van der Waals surface area contributed by atoms with Crippen molar-refractivity contribution in [1.29, 1.82) is 0 Å². The number of aromatic nitrogens is 1. The first-order chi connectivity index (χ1) is 12.2. The fourth-order valence-corrected chi connectivity index (χ4v) is 3.71. The molecule has 2 aromatic rings. The Bertz CT molecular complexity index is 757. The van der Waals surface area contributed by atoms with Gasteiger partial charge >= 0.3 is 6.03 Å². The molecule has 0 atom stereocenters. The van der Waals surface area contributed by atoms with Gasteiger partial charge in [-0.1, -0.05) is 35.9 Å². The molecule has 5 heteroatoms. The maximum atomic E-state index is 12.8. The SMILES string of the molecule is O=C(NCC1(c2ccccc2Cl)CC1)N(Cc1cccnc1)C1CC1. The summed E-state index contributed by atoms with van der Waals surface area (Å²) in [5.74, 6) is 0. The first kappa shape index (κ1) is 16.4. The zero-order chi connectivity index (χ0) is 17.3. The van der Waals surface area contributed by atoms with Crippen LogP contribution in [0.15, 0.2) is 48.8 Å². The molecule has 2 amide bonds. The predicted octanol–water partition coefficient (Wildman–Crippen LogP) is 4.14. The van der Waals surface area contributed by atoms with E-state index in [1.165, 1.54) is 0 Å². The third-order valence-electron chi connectivity index (χ3n) is 5.20. The van der Waals surface area contributed by atoms with Gasteiger partial charge in [0.25, 0.3) is 0 Å². The number of nitrogens with zero attached hydrogens (tertiary/aromatic N) is 2. The third-order valence-corrected chi connectivity index (χ3v) is 5.53. The number of nitrogens with one attached hydrogen (secondary N) is 1. The maximum Gasteiger partial charge on any atom is 0.317 e. The monoisotopic (exact) mass is 355 g/mol. The molecule has 4 nitrogen and oxygen atoms in total. The van der Waals surface area contributed by atoms with Crippen LogP contribution in [0.4, 0.5) is 4.79 Å². The molecule has 1 aromatic carbocycles. The van der Waals surface area contributed by atoms with E-state index in [0.717, 1.165) is 41.8 Å². The van der Waals surface area contributed by atoms with Gasteiger partial charge in [0.2, 0.25) is 0 Å². The number of benzene rings is 1. The standard InChI is InChI=1S/C20H22ClN3O/c21-18-6-2-1-5-17(18)20(9-10-20)14-23-19(25)24(16-7-8-16)13-15-4-3-11-22-12-15/h1-6,11-12,16H,7-10,13-14H2,(H,23,25). The van der Waals surface area contributed by atoms with Crippen molar-refractivity contribution in [3.8, 4) is 0 Å². The molecule has 0 unspecified atom stereocenters. The zero-order valence-corrected chi connectivity index (χ0v) is 14.9. The van der Waals surface area contributed by atoms with Crippen LogP contribution in [0.25, 0.3) is 0 Å². The second-order valence-electron chi connectivity index (χ2n) is 7.14. The van der Waals surface area contributed by atoms with Gasteiger partial charge in [0, 0.05) is 42.0 Å². The molecule has 25 heavy (non-hydrogen) atoms. The van der Waals surface area contributed by atoms with Crippen LogP contribution in [0.2, 0.25) is 5.02 Å². The molecule has 1 N–H and O–H groups in total. The van der Waals surface area contributed by atoms with Crippen LogP contribution in [-0.4, -0.2) is 28.5 Å². The Labute approximate surface area is 153 Å². The molecule has 2 saturated carbocycles. The van der Waals surface area contributed by atoms with Crippen molar-refractivity contribution in [2.45, 2.75) is 43.7 Å². The minimum atomic E-state index is 0.0114. The maximum absolute atomic E-state index is 12.8. The Balaban J connectivity index is 1.41. The van der Waals surface area contributed by atoms with Gasteiger partial charge in [-0.05, 0) is 48.9 Å². The topological polar surface area (TPSA) is 45.2 Å². The first-order valence-corrected chi connectivity index (χ1v) is 9.24. The van der Waals surface area contributed by atoms with Crippen LogP contribution in [0.3, 0.4) is 0 Å². The highest BCUT2D eigenvalue weighted by atomic mass is 35.5. The van der Waals surface area contributed by atoms with Crippen LogP contribution in [-0.2, 0) is 12.0 Å². The van der Waals surface area contributed by atoms with Crippen molar-refractivity contribution in [3.05, 3.63) is 64.9 Å². The molecule has 1 heterocycles. The molecule has 0 bridgehead atoms. The van der Waals surface area contributed by atoms with Crippen LogP contribution in [0.1, 0.15) is 36.8 Å². The van der Waals surface area contributed by atoms with Crippen LogP contribution < -0.4 is 5.32 Å². The number of pyridine rings is 1. The Morgan fingerprint density at radius 2 is 2.04 bits per heavy atom. The molecular formula is C20H22ClN3O. The summed E-state index contributed by atoms with van der Waals surface area (Å²) >= 11 is 6.36. The lowest BCUT2D eigenvalue weighted by Crippen LogP contribution is -2.43. The van der Waals surface area contributed by atoms with Gasteiger partial charge in [0.1, 0.15) is 0 Å². The number of halogens is 1. The average Bonchev–Trinajstić information content (AvgIpc) is 3.54. The molecule has 2 aliphatic rings. The predicted molar refractivity (Wildman–Crippen MR) is 98.6 cm³/mol. The summed E-state index contributed by atoms with van der Waals surface area (Å²) < 4.78 is 0. The van der Waals surface area contributed by atoms with E-state index in [4.69, 9.17) is 11.6 Å². The molecule has 0 radical (unpaired) electrons. The van der Waals surface area contributed by atoms with Crippen molar-refractivity contribution in [1.82, 2.24) is 15.2 Å². The number of hydrogen-bond acceptors (Lipinski definition) is 2. The summed E-state index contributed by atoms with van der Waals surface area (Å²) in [5.41, 5.74) is 2.23. The summed E-state index contributed by atoms with van der Waals surface area (Å²) in [7, 11) is 0. The molecule has 2 fully saturated rings. The van der Waals surface area contributed by atoms with Crippen molar-refractivity contribution >= 4 is 17.6 Å². The molecular weight excluding hydrogens is 334 g/mol. The van der Waals surface area contributed by atoms with Crippen molar-refractivity contribution in [2.75, 3.05) is 6.54 Å². The summed E-state index contributed by atoms with van der Waals surface area (Å²) in [4.78, 5) is 18.9. The Hall–Kier alpha value is -2.07. The van der Waals surface area contributed by atoms with Gasteiger partial charge in [-0.2, -0.15) is 0 Å². The average molecular weight is 356 g/mol. The Morgan fingerprint density at radius 3 is 2.68 bits per heavy atom. The summed E-state index contributed by atoms with van der Waals surface area (Å²) in [5, 5.41) is 3.96. The van der Waals surface area contributed by atoms with E-state index < -0.39 is 0 Å². The van der Waals surface area contributed by atoms with Gasteiger partial charge in [-0.15, -0.1) is 0 Å². The van der Waals surface area contributed by atoms with Crippen LogP contribution in [0, 0.1) is 0 Å². The van der Waals surface area contributed by atoms with Crippen molar-refractivity contribution in [3.63, 3.8) is 0 Å². The fraction of sp³-hybridized carbons (Fsp3) is 0.400. The molecule has 0 aliphatic heterocycles. The number of hydrogen-bond donors (Lipinski definition) is 1. The van der Waals surface area contributed by atoms with E-state index in [1.54, 1.807) is 6.20 Å². The Morgan fingerprint density at radius 1 is 1.24 bits per heavy atom. The van der Waals surface area contributed by atoms with E-state index in [2.05, 4.69) is 16.4 Å². The van der Waals surface area contributed by atoms with Gasteiger partial charge < -0.3 is 10.2 Å². The smallest absolute Gasteiger partial charge is 0.317 e. The summed E-state index contributed by atoms with van der Waals surface area (Å²) in [6, 6.07) is 12.3. The van der Waals surface area contributed by atoms with Gasteiger partial charge in [0.05, 0.1) is 0 Å². The van der Waals surface area contributed by atoms with Gasteiger partial charge in [-0.25, -0.2) is 4.79 Å². The second kappa shape index (κ2) is 6.68. The van der Waals surface area contributed by atoms with E-state index in [0.29, 0.717) is 19.1 Å². The van der Waals surface area contributed by atoms with Crippen LogP contribution in [0.5, 0.6) is 0 Å². The third kappa shape index (κ3) is 3.64. The molecule has 0 saturated heterocycles. The summed E-state index contributed by atoms with van der Waals surface area (Å²) in [6.07, 6.45) is 7.90. The van der Waals surface area contributed by atoms with Crippen molar-refractivity contribution in [2.24, 2.45) is 0 Å². The van der Waals surface area contributed by atoms with E-state index >= 15 is 0 Å². The molecule has 1 aromatic heterocycles. The Kier molecular flexibility index (Phi) is 4.38. The highest BCUT2D eigenvalue weighted by molar-refractivity contribution is 6.31. The number of carbonyl (C=O) groups excluding carboxylic acids is 1. The largest absolute Gasteiger partial charge is 0.337 e. The van der Waals surface area contributed by atoms with E-state index in [9.17, 15) is 4.79 Å². The lowest BCUT2D eigenvalue weighted by Gasteiger charge is -2.25. The molecule has 4 rings (SSSR count). The van der Waals surface area contributed by atoms with E-state index in [1.807, 2.05) is 41.4 Å². The molecule has 2 aliphatic carbocycles. The lowest BCUT2D eigenvalue weighted by molar-refractivity contribution is 0.191. The normalized spacial score (nSPS) is 17.8. The fourth-order valence-electron chi connectivity index (χ4n) is 3.37. The van der Waals surface area contributed by atoms with Gasteiger partial charge in [0.15, 0.2) is 0 Å². The summed E-state index contributed by atoms with van der Waals surface area (Å²) in [6.45, 7) is 1.26. The number of amides is 2. The highest BCUT2D eigenvalue weighted by Gasteiger charge is 2.46. The minimum Gasteiger partial charge on any atom is -0.337 e. The molecule has 0 spiro atoms. The highest BCUT2D eigenvalue weighted by Crippen LogP contribution is 2.49. The van der Waals surface area contributed by atoms with Gasteiger partial charge in [-0.3, -0.25) is 4.98 Å². The van der Waals surface area contributed by atoms with Crippen molar-refractivity contribution < 1.29 is 4.79 Å². The minimum absolute atomic E-state index is 0.0114. The zero-order valence-electron chi connectivity index (χ0n) is 14.1. The quantitative estimate of drug-likeness (QED) is 0.846. The first-order valence-electron chi connectivity index (χ1n) is 8.86. The number of rotatable bonds is 6.